The summed E-state index contributed by atoms with van der Waals surface area (Å²) in [7, 11) is 0. The Kier molecular flexibility index (Phi) is 7.56. The smallest absolute Gasteiger partial charge is 0.306 e. The molecule has 9 nitrogen and oxygen atoms in total. The standard InChI is InChI=1S/C31H38N2O7/c1-29-12-10-21(34)15-19(29)6-7-22-23-11-13-31(39,30(23,2)16-24(35)28(22)29)25(36)18-40-27(38)9-8-26(37)33-17-20-5-3-4-14-32-20/h3-5,10,12,14-15,22-24,28,35,39H,6-9,11,13,16-18H2,1-2H3,(H,33,37)/t22-,23-,24-,28-,29-,30-,31-/m0/s1. The number of aromatic nitrogens is 1. The summed E-state index contributed by atoms with van der Waals surface area (Å²) in [4.78, 5) is 53.9. The first-order valence-electron chi connectivity index (χ1n) is 14.2. The number of nitrogens with zero attached hydrogens (tertiary/aromatic N) is 1. The maximum atomic E-state index is 13.4. The number of hydrogen-bond donors (Lipinski definition) is 3. The molecule has 0 spiro atoms. The van der Waals surface area contributed by atoms with Gasteiger partial charge in [0.1, 0.15) is 5.60 Å². The number of rotatable bonds is 8. The summed E-state index contributed by atoms with van der Waals surface area (Å²) in [6, 6.07) is 5.37. The van der Waals surface area contributed by atoms with Crippen LogP contribution in [0.15, 0.2) is 48.2 Å². The van der Waals surface area contributed by atoms with Crippen LogP contribution in [-0.2, 0) is 30.5 Å². The van der Waals surface area contributed by atoms with Crippen molar-refractivity contribution in [2.75, 3.05) is 6.61 Å². The van der Waals surface area contributed by atoms with Gasteiger partial charge >= 0.3 is 5.97 Å². The summed E-state index contributed by atoms with van der Waals surface area (Å²) in [6.45, 7) is 3.63. The number of carbonyl (C=O) groups is 4. The fraction of sp³-hybridized carbons (Fsp3) is 0.581. The minimum Gasteiger partial charge on any atom is -0.458 e. The Bertz CT molecular complexity index is 1260. The minimum atomic E-state index is -1.72. The van der Waals surface area contributed by atoms with Crippen molar-refractivity contribution in [2.45, 2.75) is 77.0 Å². The average Bonchev–Trinajstić information content (AvgIpc) is 3.20. The topological polar surface area (TPSA) is 143 Å². The molecule has 0 aliphatic heterocycles. The minimum absolute atomic E-state index is 0.0118. The fourth-order valence-electron chi connectivity index (χ4n) is 8.12. The number of carbonyl (C=O) groups excluding carboxylic acids is 4. The molecule has 1 aromatic heterocycles. The number of nitrogens with one attached hydrogen (secondary N) is 1. The number of ketones is 2. The van der Waals surface area contributed by atoms with Crippen LogP contribution in [0.25, 0.3) is 0 Å². The number of aliphatic hydroxyl groups excluding tert-OH is 1. The number of allylic oxidation sites excluding steroid dienone is 4. The molecule has 9 heteroatoms. The predicted octanol–water partition coefficient (Wildman–Crippen LogP) is 2.60. The van der Waals surface area contributed by atoms with Gasteiger partial charge in [0.2, 0.25) is 11.7 Å². The van der Waals surface area contributed by atoms with Gasteiger partial charge in [-0.3, -0.25) is 24.2 Å². The Morgan fingerprint density at radius 1 is 1.18 bits per heavy atom. The number of fused-ring (bicyclic) bond motifs is 5. The van der Waals surface area contributed by atoms with Gasteiger partial charge in [0, 0.05) is 29.4 Å². The zero-order valence-electron chi connectivity index (χ0n) is 23.1. The number of amides is 1. The lowest BCUT2D eigenvalue weighted by Crippen LogP contribution is -2.61. The van der Waals surface area contributed by atoms with E-state index in [9.17, 15) is 29.4 Å². The van der Waals surface area contributed by atoms with Crippen molar-refractivity contribution in [1.82, 2.24) is 10.3 Å². The second kappa shape index (κ2) is 10.7. The highest BCUT2D eigenvalue weighted by molar-refractivity contribution is 6.01. The largest absolute Gasteiger partial charge is 0.458 e. The van der Waals surface area contributed by atoms with E-state index in [1.165, 1.54) is 0 Å². The third-order valence-electron chi connectivity index (χ3n) is 10.2. The summed E-state index contributed by atoms with van der Waals surface area (Å²) in [5.74, 6) is -1.62. The van der Waals surface area contributed by atoms with Crippen molar-refractivity contribution in [2.24, 2.45) is 28.6 Å². The zero-order valence-corrected chi connectivity index (χ0v) is 23.1. The molecule has 0 saturated heterocycles. The van der Waals surface area contributed by atoms with Crippen LogP contribution in [0.2, 0.25) is 0 Å². The number of aliphatic hydroxyl groups is 2. The number of hydrogen-bond acceptors (Lipinski definition) is 8. The van der Waals surface area contributed by atoms with Gasteiger partial charge in [0.25, 0.3) is 0 Å². The van der Waals surface area contributed by atoms with Crippen LogP contribution in [0.3, 0.4) is 0 Å². The molecule has 40 heavy (non-hydrogen) atoms. The lowest BCUT2D eigenvalue weighted by Gasteiger charge is -2.59. The number of pyridine rings is 1. The molecule has 5 rings (SSSR count). The van der Waals surface area contributed by atoms with Gasteiger partial charge in [-0.15, -0.1) is 0 Å². The monoisotopic (exact) mass is 550 g/mol. The van der Waals surface area contributed by atoms with E-state index in [0.29, 0.717) is 12.1 Å². The highest BCUT2D eigenvalue weighted by Gasteiger charge is 2.68. The molecule has 4 aliphatic carbocycles. The van der Waals surface area contributed by atoms with Crippen LogP contribution in [0.5, 0.6) is 0 Å². The molecule has 1 amide bonds. The van der Waals surface area contributed by atoms with Crippen LogP contribution < -0.4 is 5.32 Å². The van der Waals surface area contributed by atoms with Gasteiger partial charge in [0.05, 0.1) is 24.8 Å². The molecule has 0 bridgehead atoms. The fourth-order valence-corrected chi connectivity index (χ4v) is 8.12. The molecule has 3 saturated carbocycles. The molecule has 1 heterocycles. The summed E-state index contributed by atoms with van der Waals surface area (Å²) in [5.41, 5.74) is -1.27. The molecule has 3 N–H and O–H groups in total. The van der Waals surface area contributed by atoms with Gasteiger partial charge in [-0.2, -0.15) is 0 Å². The zero-order chi connectivity index (χ0) is 28.7. The van der Waals surface area contributed by atoms with Crippen molar-refractivity contribution in [3.63, 3.8) is 0 Å². The maximum absolute atomic E-state index is 13.4. The first-order valence-corrected chi connectivity index (χ1v) is 14.2. The van der Waals surface area contributed by atoms with Crippen molar-refractivity contribution in [3.8, 4) is 0 Å². The Morgan fingerprint density at radius 3 is 2.73 bits per heavy atom. The van der Waals surface area contributed by atoms with Gasteiger partial charge in [-0.25, -0.2) is 0 Å². The van der Waals surface area contributed by atoms with Crippen LogP contribution in [0, 0.1) is 28.6 Å². The molecule has 0 radical (unpaired) electrons. The second-order valence-corrected chi connectivity index (χ2v) is 12.3. The molecular weight excluding hydrogens is 512 g/mol. The Hall–Kier alpha value is -3.17. The van der Waals surface area contributed by atoms with Crippen LogP contribution in [0.1, 0.15) is 64.5 Å². The highest BCUT2D eigenvalue weighted by atomic mass is 16.5. The van der Waals surface area contributed by atoms with E-state index in [0.717, 1.165) is 18.4 Å². The van der Waals surface area contributed by atoms with Gasteiger partial charge < -0.3 is 20.3 Å². The van der Waals surface area contributed by atoms with Gasteiger partial charge in [-0.1, -0.05) is 31.6 Å². The first kappa shape index (κ1) is 28.4. The number of esters is 1. The molecule has 0 aromatic carbocycles. The molecular formula is C31H38N2O7. The molecule has 214 valence electrons. The van der Waals surface area contributed by atoms with Crippen molar-refractivity contribution in [1.29, 1.82) is 0 Å². The number of ether oxygens (including phenoxy) is 1. The van der Waals surface area contributed by atoms with Crippen molar-refractivity contribution in [3.05, 3.63) is 53.9 Å². The van der Waals surface area contributed by atoms with Crippen LogP contribution in [0.4, 0.5) is 0 Å². The van der Waals surface area contributed by atoms with Crippen LogP contribution in [-0.4, -0.2) is 57.0 Å². The lowest BCUT2D eigenvalue weighted by atomic mass is 9.46. The molecule has 1 aromatic rings. The van der Waals surface area contributed by atoms with E-state index in [1.807, 2.05) is 19.1 Å². The number of Topliss-reactive ketones (excluding diaryl/α,β-unsaturated/α-hetero) is 1. The van der Waals surface area contributed by atoms with E-state index in [2.05, 4.69) is 17.2 Å². The normalized spacial score (nSPS) is 36.1. The second-order valence-electron chi connectivity index (χ2n) is 12.3. The average molecular weight is 551 g/mol. The predicted molar refractivity (Wildman–Crippen MR) is 144 cm³/mol. The Balaban J connectivity index is 1.18. The third-order valence-corrected chi connectivity index (χ3v) is 10.2. The summed E-state index contributed by atoms with van der Waals surface area (Å²) in [6.07, 6.45) is 8.45. The van der Waals surface area contributed by atoms with E-state index in [-0.39, 0.29) is 61.7 Å². The third kappa shape index (κ3) is 4.83. The van der Waals surface area contributed by atoms with Crippen molar-refractivity contribution >= 4 is 23.4 Å². The van der Waals surface area contributed by atoms with E-state index >= 15 is 0 Å². The lowest BCUT2D eigenvalue weighted by molar-refractivity contribution is -0.181. The van der Waals surface area contributed by atoms with E-state index in [4.69, 9.17) is 4.74 Å². The molecule has 4 aliphatic rings. The molecule has 0 unspecified atom stereocenters. The van der Waals surface area contributed by atoms with Crippen LogP contribution >= 0.6 is 0 Å². The SMILES string of the molecule is C[C@]12C=CC(=O)C=C1CC[C@@H]1[C@H]2[C@@H](O)C[C@@]2(C)[C@H]1CC[C@]2(O)C(=O)COC(=O)CCC(=O)NCc1ccccn1. The van der Waals surface area contributed by atoms with Crippen molar-refractivity contribution < 1.29 is 34.1 Å². The quantitative estimate of drug-likeness (QED) is 0.419. The van der Waals surface area contributed by atoms with E-state index < -0.39 is 40.9 Å². The van der Waals surface area contributed by atoms with E-state index in [1.54, 1.807) is 30.5 Å². The molecule has 7 atom stereocenters. The Labute approximate surface area is 234 Å². The highest BCUT2D eigenvalue weighted by Crippen LogP contribution is 2.67. The Morgan fingerprint density at radius 2 is 1.98 bits per heavy atom. The van der Waals surface area contributed by atoms with Gasteiger partial charge in [-0.05, 0) is 68.2 Å². The molecule has 3 fully saturated rings. The van der Waals surface area contributed by atoms with Gasteiger partial charge in [0.15, 0.2) is 12.4 Å². The first-order chi connectivity index (χ1) is 19.0. The summed E-state index contributed by atoms with van der Waals surface area (Å²) < 4.78 is 5.20. The summed E-state index contributed by atoms with van der Waals surface area (Å²) in [5, 5.41) is 25.9. The summed E-state index contributed by atoms with van der Waals surface area (Å²) >= 11 is 0. The maximum Gasteiger partial charge on any atom is 0.306 e.